The van der Waals surface area contributed by atoms with Crippen molar-refractivity contribution in [3.8, 4) is 0 Å². The van der Waals surface area contributed by atoms with E-state index in [4.69, 9.17) is 21.2 Å². The molecule has 0 radical (unpaired) electrons. The highest BCUT2D eigenvalue weighted by Gasteiger charge is 2.36. The van der Waals surface area contributed by atoms with Gasteiger partial charge in [0.15, 0.2) is 0 Å². The van der Waals surface area contributed by atoms with Crippen LogP contribution in [0.3, 0.4) is 0 Å². The Hall–Kier alpha value is -1.80. The van der Waals surface area contributed by atoms with Crippen molar-refractivity contribution < 1.29 is 27.5 Å². The maximum Gasteiger partial charge on any atom is 0.339 e. The molecule has 0 fully saturated rings. The number of nitrogens with zero attached hydrogens (tertiary/aromatic N) is 1. The van der Waals surface area contributed by atoms with Crippen molar-refractivity contribution >= 4 is 38.6 Å². The molecule has 21 heavy (non-hydrogen) atoms. The Morgan fingerprint density at radius 1 is 1.43 bits per heavy atom. The van der Waals surface area contributed by atoms with Gasteiger partial charge in [-0.3, -0.25) is 0 Å². The third-order valence-corrected chi connectivity index (χ3v) is 4.27. The fraction of sp³-hybridized carbons (Fsp3) is 0.417. The maximum absolute atomic E-state index is 11.7. The predicted molar refractivity (Wildman–Crippen MR) is 75.1 cm³/mol. The Bertz CT molecular complexity index is 710. The van der Waals surface area contributed by atoms with E-state index in [1.165, 1.54) is 13.2 Å². The lowest BCUT2D eigenvalue weighted by Gasteiger charge is -2.21. The lowest BCUT2D eigenvalue weighted by molar-refractivity contribution is -0.135. The summed E-state index contributed by atoms with van der Waals surface area (Å²) in [4.78, 5) is 16.6. The zero-order valence-electron chi connectivity index (χ0n) is 11.4. The summed E-state index contributed by atoms with van der Waals surface area (Å²) in [5.41, 5.74) is 0.195. The average Bonchev–Trinajstić information content (AvgIpc) is 2.84. The minimum atomic E-state index is -2.53. The Balaban J connectivity index is 2.62. The monoisotopic (exact) mass is 333 g/mol. The highest BCUT2D eigenvalue weighted by Crippen LogP contribution is 2.34. The highest BCUT2D eigenvalue weighted by atomic mass is 35.5. The predicted octanol–water partition coefficient (Wildman–Crippen LogP) is 0.986. The van der Waals surface area contributed by atoms with Crippen LogP contribution in [-0.4, -0.2) is 38.5 Å². The SMILES string of the molecule is COC(=O)C1=CC(=S(=O)=O)C(C)C(C2=NOC(C)O2)=C1Cl. The first kappa shape index (κ1) is 15.6. The number of allylic oxidation sites excluding steroid dienone is 1. The smallest absolute Gasteiger partial charge is 0.339 e. The van der Waals surface area contributed by atoms with Gasteiger partial charge in [0.25, 0.3) is 12.2 Å². The molecule has 1 heterocycles. The number of carbonyl (C=O) groups excluding carboxylic acids is 1. The summed E-state index contributed by atoms with van der Waals surface area (Å²) < 4.78 is 32.6. The topological polar surface area (TPSA) is 91.3 Å². The molecule has 2 unspecified atom stereocenters. The molecule has 0 aromatic heterocycles. The maximum atomic E-state index is 11.7. The van der Waals surface area contributed by atoms with Gasteiger partial charge >= 0.3 is 5.97 Å². The molecule has 1 aliphatic carbocycles. The van der Waals surface area contributed by atoms with Gasteiger partial charge in [0, 0.05) is 18.4 Å². The lowest BCUT2D eigenvalue weighted by Crippen LogP contribution is -2.27. The molecule has 1 aliphatic heterocycles. The van der Waals surface area contributed by atoms with Crippen molar-refractivity contribution in [2.45, 2.75) is 20.1 Å². The van der Waals surface area contributed by atoms with Crippen molar-refractivity contribution in [3.63, 3.8) is 0 Å². The number of halogens is 1. The summed E-state index contributed by atoms with van der Waals surface area (Å²) in [5.74, 6) is -1.32. The zero-order chi connectivity index (χ0) is 15.7. The summed E-state index contributed by atoms with van der Waals surface area (Å²) in [6, 6.07) is 0. The summed E-state index contributed by atoms with van der Waals surface area (Å²) in [7, 11) is -1.35. The third-order valence-electron chi connectivity index (χ3n) is 3.01. The average molecular weight is 334 g/mol. The number of rotatable bonds is 2. The zero-order valence-corrected chi connectivity index (χ0v) is 13.0. The fourth-order valence-corrected chi connectivity index (χ4v) is 2.97. The molecule has 0 aromatic carbocycles. The minimum Gasteiger partial charge on any atom is -0.465 e. The molecular weight excluding hydrogens is 322 g/mol. The summed E-state index contributed by atoms with van der Waals surface area (Å²) in [6.45, 7) is 3.23. The van der Waals surface area contributed by atoms with Crippen molar-refractivity contribution in [2.24, 2.45) is 11.1 Å². The van der Waals surface area contributed by atoms with Crippen LogP contribution >= 0.6 is 11.6 Å². The van der Waals surface area contributed by atoms with E-state index in [9.17, 15) is 13.2 Å². The molecule has 0 amide bonds. The number of methoxy groups -OCH3 is 1. The van der Waals surface area contributed by atoms with Gasteiger partial charge in [-0.05, 0) is 11.2 Å². The second-order valence-electron chi connectivity index (χ2n) is 4.32. The number of hydrogen-bond donors (Lipinski definition) is 0. The van der Waals surface area contributed by atoms with Crippen LogP contribution in [0.1, 0.15) is 13.8 Å². The molecule has 7 nitrogen and oxygen atoms in total. The molecule has 0 saturated heterocycles. The summed E-state index contributed by atoms with van der Waals surface area (Å²) in [5, 5.41) is 3.74. The van der Waals surface area contributed by atoms with Crippen LogP contribution in [0.4, 0.5) is 0 Å². The van der Waals surface area contributed by atoms with Gasteiger partial charge in [-0.2, -0.15) is 8.42 Å². The number of hydrogen-bond acceptors (Lipinski definition) is 7. The van der Waals surface area contributed by atoms with Gasteiger partial charge < -0.3 is 14.3 Å². The van der Waals surface area contributed by atoms with Crippen LogP contribution in [0, 0.1) is 5.92 Å². The number of ether oxygens (including phenoxy) is 2. The Kier molecular flexibility index (Phi) is 4.38. The van der Waals surface area contributed by atoms with E-state index in [2.05, 4.69) is 9.89 Å². The van der Waals surface area contributed by atoms with Crippen molar-refractivity contribution in [1.82, 2.24) is 0 Å². The van der Waals surface area contributed by atoms with Gasteiger partial charge in [0.2, 0.25) is 10.3 Å². The van der Waals surface area contributed by atoms with Crippen LogP contribution < -0.4 is 0 Å². The Morgan fingerprint density at radius 2 is 2.10 bits per heavy atom. The second kappa shape index (κ2) is 5.90. The number of esters is 1. The van der Waals surface area contributed by atoms with Crippen LogP contribution in [0.15, 0.2) is 27.4 Å². The molecule has 0 N–H and O–H groups in total. The van der Waals surface area contributed by atoms with Crippen molar-refractivity contribution in [1.29, 1.82) is 0 Å². The second-order valence-corrected chi connectivity index (χ2v) is 5.64. The van der Waals surface area contributed by atoms with Gasteiger partial charge in [-0.25, -0.2) is 4.79 Å². The van der Waals surface area contributed by atoms with E-state index in [0.717, 1.165) is 0 Å². The van der Waals surface area contributed by atoms with Gasteiger partial charge in [-0.15, -0.1) is 0 Å². The van der Waals surface area contributed by atoms with Crippen LogP contribution in [-0.2, 0) is 29.4 Å². The molecule has 0 saturated carbocycles. The minimum absolute atomic E-state index is 0.0133. The molecular formula is C12H12ClNO6S. The lowest BCUT2D eigenvalue weighted by atomic mass is 9.89. The molecule has 0 aromatic rings. The molecule has 0 spiro atoms. The van der Waals surface area contributed by atoms with E-state index >= 15 is 0 Å². The summed E-state index contributed by atoms with van der Waals surface area (Å²) >= 11 is 6.19. The van der Waals surface area contributed by atoms with E-state index in [-0.39, 0.29) is 26.9 Å². The van der Waals surface area contributed by atoms with Gasteiger partial charge in [0.1, 0.15) is 0 Å². The first-order valence-electron chi connectivity index (χ1n) is 5.93. The summed E-state index contributed by atoms with van der Waals surface area (Å²) in [6.07, 6.45) is 0.573. The first-order valence-corrected chi connectivity index (χ1v) is 7.39. The standard InChI is InChI=1S/C12H12ClNO6S/c1-5-8(21(16)17)4-7(12(15)18-3)10(13)9(5)11-14-20-6(2)19-11/h4-6H,1-3H3. The van der Waals surface area contributed by atoms with Crippen molar-refractivity contribution in [2.75, 3.05) is 7.11 Å². The number of carbonyl (C=O) groups is 1. The van der Waals surface area contributed by atoms with Crippen LogP contribution in [0.2, 0.25) is 0 Å². The van der Waals surface area contributed by atoms with Crippen LogP contribution in [0.25, 0.3) is 0 Å². The molecule has 2 atom stereocenters. The fourth-order valence-electron chi connectivity index (χ4n) is 1.97. The van der Waals surface area contributed by atoms with Crippen LogP contribution in [0.5, 0.6) is 0 Å². The first-order chi connectivity index (χ1) is 9.86. The number of oxime groups is 1. The Labute approximate surface area is 127 Å². The molecule has 2 aliphatic rings. The molecule has 2 rings (SSSR count). The quantitative estimate of drug-likeness (QED) is 0.552. The molecule has 0 bridgehead atoms. The van der Waals surface area contributed by atoms with E-state index in [1.807, 2.05) is 0 Å². The third kappa shape index (κ3) is 2.81. The van der Waals surface area contributed by atoms with E-state index in [1.54, 1.807) is 13.8 Å². The normalized spacial score (nSPS) is 24.9. The molecule has 9 heteroatoms. The Morgan fingerprint density at radius 3 is 2.57 bits per heavy atom. The van der Waals surface area contributed by atoms with Gasteiger partial charge in [0.05, 0.1) is 22.6 Å². The van der Waals surface area contributed by atoms with E-state index in [0.29, 0.717) is 0 Å². The largest absolute Gasteiger partial charge is 0.465 e. The van der Waals surface area contributed by atoms with Crippen molar-refractivity contribution in [3.05, 3.63) is 22.3 Å². The highest BCUT2D eigenvalue weighted by molar-refractivity contribution is 7.73. The molecule has 114 valence electrons. The van der Waals surface area contributed by atoms with E-state index < -0.39 is 28.5 Å². The van der Waals surface area contributed by atoms with Gasteiger partial charge in [-0.1, -0.05) is 18.5 Å².